The van der Waals surface area contributed by atoms with Gasteiger partial charge in [0.05, 0.1) is 21.5 Å². The molecule has 0 bridgehead atoms. The summed E-state index contributed by atoms with van der Waals surface area (Å²) in [5.41, 5.74) is 1.35. The van der Waals surface area contributed by atoms with Crippen molar-refractivity contribution in [2.24, 2.45) is 0 Å². The second kappa shape index (κ2) is 12.5. The highest BCUT2D eigenvalue weighted by Gasteiger charge is 2.23. The summed E-state index contributed by atoms with van der Waals surface area (Å²) < 4.78 is 54.9. The zero-order valence-corrected chi connectivity index (χ0v) is 25.4. The Labute approximate surface area is 245 Å². The topological polar surface area (TPSA) is 139 Å². The molecular formula is C29H33N5O6S2. The lowest BCUT2D eigenvalue weighted by atomic mass is 10.2. The number of fused-ring (bicyclic) bond motifs is 1. The molecule has 222 valence electrons. The molecule has 1 amide bonds. The molecule has 11 nitrogen and oxygen atoms in total. The van der Waals surface area contributed by atoms with Crippen LogP contribution in [0.2, 0.25) is 0 Å². The quantitative estimate of drug-likeness (QED) is 0.270. The summed E-state index contributed by atoms with van der Waals surface area (Å²) in [5, 5.41) is 7.64. The van der Waals surface area contributed by atoms with Crippen molar-refractivity contribution < 1.29 is 26.4 Å². The van der Waals surface area contributed by atoms with Crippen molar-refractivity contribution in [3.8, 4) is 0 Å². The normalized spacial score (nSPS) is 12.2. The van der Waals surface area contributed by atoms with Crippen molar-refractivity contribution >= 4 is 48.5 Å². The first kappa shape index (κ1) is 31.0. The van der Waals surface area contributed by atoms with Crippen molar-refractivity contribution in [3.63, 3.8) is 0 Å². The van der Waals surface area contributed by atoms with Gasteiger partial charge in [-0.2, -0.15) is 18.4 Å². The van der Waals surface area contributed by atoms with Gasteiger partial charge >= 0.3 is 0 Å². The first-order valence-electron chi connectivity index (χ1n) is 13.5. The number of carbonyl (C=O) groups is 2. The second-order valence-corrected chi connectivity index (χ2v) is 13.2. The van der Waals surface area contributed by atoms with Gasteiger partial charge in [0.1, 0.15) is 0 Å². The van der Waals surface area contributed by atoms with Crippen molar-refractivity contribution in [2.75, 3.05) is 31.5 Å². The van der Waals surface area contributed by atoms with Gasteiger partial charge in [-0.1, -0.05) is 27.7 Å². The van der Waals surface area contributed by atoms with Crippen LogP contribution in [-0.2, 0) is 20.0 Å². The fraction of sp³-hybridized carbons (Fsp3) is 0.276. The first-order chi connectivity index (χ1) is 20.0. The highest BCUT2D eigenvalue weighted by atomic mass is 32.2. The summed E-state index contributed by atoms with van der Waals surface area (Å²) in [5.74, 6) is -0.922. The van der Waals surface area contributed by atoms with Crippen LogP contribution in [-0.4, -0.2) is 73.2 Å². The number of aromatic nitrogens is 2. The molecule has 3 aromatic carbocycles. The predicted octanol–water partition coefficient (Wildman–Crippen LogP) is 4.04. The van der Waals surface area contributed by atoms with Crippen molar-refractivity contribution in [1.82, 2.24) is 18.4 Å². The summed E-state index contributed by atoms with van der Waals surface area (Å²) in [7, 11) is -7.31. The molecule has 1 heterocycles. The average molecular weight is 612 g/mol. The Morgan fingerprint density at radius 2 is 1.19 bits per heavy atom. The molecule has 0 spiro atoms. The number of nitrogens with zero attached hydrogens (tertiary/aromatic N) is 4. The van der Waals surface area contributed by atoms with E-state index in [1.165, 1.54) is 68.0 Å². The van der Waals surface area contributed by atoms with Gasteiger partial charge < -0.3 is 5.32 Å². The van der Waals surface area contributed by atoms with E-state index >= 15 is 0 Å². The Morgan fingerprint density at radius 3 is 1.67 bits per heavy atom. The third-order valence-electron chi connectivity index (χ3n) is 6.93. The van der Waals surface area contributed by atoms with Crippen LogP contribution >= 0.6 is 0 Å². The van der Waals surface area contributed by atoms with Gasteiger partial charge in [0.2, 0.25) is 20.0 Å². The summed E-state index contributed by atoms with van der Waals surface area (Å²) in [6.07, 6.45) is 1.52. The maximum absolute atomic E-state index is 13.3. The average Bonchev–Trinajstić information content (AvgIpc) is 3.41. The van der Waals surface area contributed by atoms with Gasteiger partial charge in [-0.05, 0) is 66.7 Å². The minimum absolute atomic E-state index is 0.0942. The monoisotopic (exact) mass is 611 g/mol. The van der Waals surface area contributed by atoms with Gasteiger partial charge in [0.25, 0.3) is 11.8 Å². The van der Waals surface area contributed by atoms with Crippen LogP contribution in [0.4, 0.5) is 5.69 Å². The number of rotatable bonds is 11. The lowest BCUT2D eigenvalue weighted by Crippen LogP contribution is -2.30. The van der Waals surface area contributed by atoms with Crippen LogP contribution in [0.25, 0.3) is 10.9 Å². The van der Waals surface area contributed by atoms with Crippen molar-refractivity contribution in [1.29, 1.82) is 0 Å². The summed E-state index contributed by atoms with van der Waals surface area (Å²) >= 11 is 0. The highest BCUT2D eigenvalue weighted by molar-refractivity contribution is 7.89. The number of benzene rings is 3. The van der Waals surface area contributed by atoms with E-state index in [4.69, 9.17) is 0 Å². The number of amides is 1. The smallest absolute Gasteiger partial charge is 0.278 e. The number of carbonyl (C=O) groups excluding carboxylic acids is 2. The van der Waals surface area contributed by atoms with Gasteiger partial charge in [0.15, 0.2) is 0 Å². The molecule has 13 heteroatoms. The first-order valence-corrected chi connectivity index (χ1v) is 16.4. The van der Waals surface area contributed by atoms with E-state index in [-0.39, 0.29) is 20.9 Å². The molecule has 0 fully saturated rings. The molecule has 0 aliphatic rings. The Morgan fingerprint density at radius 1 is 0.714 bits per heavy atom. The molecule has 0 saturated heterocycles. The van der Waals surface area contributed by atoms with E-state index in [1.54, 1.807) is 45.9 Å². The van der Waals surface area contributed by atoms with Gasteiger partial charge in [0, 0.05) is 48.4 Å². The molecule has 0 aliphatic heterocycles. The Bertz CT molecular complexity index is 1810. The maximum Gasteiger partial charge on any atom is 0.278 e. The van der Waals surface area contributed by atoms with Gasteiger partial charge in [-0.15, -0.1) is 0 Å². The van der Waals surface area contributed by atoms with Crippen molar-refractivity contribution in [2.45, 2.75) is 37.5 Å². The van der Waals surface area contributed by atoms with E-state index in [2.05, 4.69) is 10.4 Å². The lowest BCUT2D eigenvalue weighted by Gasteiger charge is -2.18. The highest BCUT2D eigenvalue weighted by Crippen LogP contribution is 2.23. The molecule has 0 radical (unpaired) electrons. The number of sulfonamides is 2. The van der Waals surface area contributed by atoms with Crippen LogP contribution in [0.1, 0.15) is 48.4 Å². The number of hydrogen-bond acceptors (Lipinski definition) is 7. The third-order valence-corrected chi connectivity index (χ3v) is 11.1. The molecule has 1 N–H and O–H groups in total. The van der Waals surface area contributed by atoms with E-state index in [0.29, 0.717) is 42.8 Å². The van der Waals surface area contributed by atoms with Gasteiger partial charge in [-0.25, -0.2) is 16.8 Å². The van der Waals surface area contributed by atoms with Crippen LogP contribution in [0, 0.1) is 0 Å². The van der Waals surface area contributed by atoms with E-state index in [0.717, 1.165) is 0 Å². The fourth-order valence-corrected chi connectivity index (χ4v) is 7.47. The Kier molecular flexibility index (Phi) is 9.26. The zero-order valence-electron chi connectivity index (χ0n) is 23.8. The summed E-state index contributed by atoms with van der Waals surface area (Å²) in [6, 6.07) is 16.4. The molecule has 4 aromatic rings. The van der Waals surface area contributed by atoms with Crippen molar-refractivity contribution in [3.05, 3.63) is 84.1 Å². The SMILES string of the molecule is CCN(CC)S(=O)(=O)c1ccc(C(=O)Nc2ccc3cnn(C(=O)c4ccc(S(=O)(=O)N(CC)CC)cc4)c3c2)cc1. The number of anilines is 1. The minimum Gasteiger partial charge on any atom is -0.322 e. The minimum atomic E-state index is -3.66. The van der Waals surface area contributed by atoms with Crippen LogP contribution in [0.15, 0.2) is 82.7 Å². The number of hydrogen-bond donors (Lipinski definition) is 1. The molecule has 1 aromatic heterocycles. The standard InChI is InChI=1S/C29H33N5O6S2/c1-5-32(6-2)41(37,38)25-15-10-21(11-16-25)28(35)31-24-14-9-23-20-30-34(27(23)19-24)29(36)22-12-17-26(18-13-22)42(39,40)33(7-3)8-4/h9-20H,5-8H2,1-4H3,(H,31,35). The van der Waals surface area contributed by atoms with Crippen LogP contribution in [0.3, 0.4) is 0 Å². The fourth-order valence-electron chi connectivity index (χ4n) is 4.56. The Hall–Kier alpha value is -3.91. The largest absolute Gasteiger partial charge is 0.322 e. The van der Waals surface area contributed by atoms with Gasteiger partial charge in [-0.3, -0.25) is 9.59 Å². The second-order valence-electron chi connectivity index (χ2n) is 9.32. The molecule has 4 rings (SSSR count). The van der Waals surface area contributed by atoms with E-state index in [1.807, 2.05) is 0 Å². The molecule has 0 aliphatic carbocycles. The molecule has 0 saturated carbocycles. The third kappa shape index (κ3) is 6.00. The Balaban J connectivity index is 1.55. The lowest BCUT2D eigenvalue weighted by molar-refractivity contribution is 0.0949. The molecular weight excluding hydrogens is 578 g/mol. The van der Waals surface area contributed by atoms with E-state index < -0.39 is 31.9 Å². The van der Waals surface area contributed by atoms with E-state index in [9.17, 15) is 26.4 Å². The van der Waals surface area contributed by atoms with Crippen LogP contribution < -0.4 is 5.32 Å². The summed E-state index contributed by atoms with van der Waals surface area (Å²) in [4.78, 5) is 26.4. The maximum atomic E-state index is 13.3. The molecule has 0 atom stereocenters. The van der Waals surface area contributed by atoms with Crippen LogP contribution in [0.5, 0.6) is 0 Å². The number of nitrogens with one attached hydrogen (secondary N) is 1. The molecule has 0 unspecified atom stereocenters. The molecule has 42 heavy (non-hydrogen) atoms. The zero-order chi connectivity index (χ0) is 30.7. The summed E-state index contributed by atoms with van der Waals surface area (Å²) in [6.45, 7) is 8.39. The predicted molar refractivity (Wildman–Crippen MR) is 161 cm³/mol.